The van der Waals surface area contributed by atoms with Crippen LogP contribution in [0.4, 0.5) is 0 Å². The summed E-state index contributed by atoms with van der Waals surface area (Å²) in [6, 6.07) is 10.5. The Morgan fingerprint density at radius 3 is 2.47 bits per heavy atom. The van der Waals surface area contributed by atoms with Crippen LogP contribution < -0.4 is 10.6 Å². The molecule has 2 N–H and O–H groups in total. The first-order chi connectivity index (χ1) is 8.95. The Balaban J connectivity index is 2.45. The van der Waals surface area contributed by atoms with Crippen LogP contribution in [0.5, 0.6) is 0 Å². The van der Waals surface area contributed by atoms with E-state index < -0.39 is 0 Å². The van der Waals surface area contributed by atoms with Gasteiger partial charge in [0.15, 0.2) is 0 Å². The summed E-state index contributed by atoms with van der Waals surface area (Å²) in [6.07, 6.45) is 0.526. The lowest BCUT2D eigenvalue weighted by atomic mass is 9.84. The molecular formula is C16H26N2O. The molecule has 0 aliphatic heterocycles. The number of hydrogen-bond donors (Lipinski definition) is 2. The smallest absolute Gasteiger partial charge is 0.221 e. The molecule has 1 unspecified atom stereocenters. The van der Waals surface area contributed by atoms with Gasteiger partial charge in [-0.15, -0.1) is 0 Å². The van der Waals surface area contributed by atoms with Gasteiger partial charge in [-0.05, 0) is 19.0 Å². The summed E-state index contributed by atoms with van der Waals surface area (Å²) in [6.45, 7) is 9.93. The predicted octanol–water partition coefficient (Wildman–Crippen LogP) is 2.47. The molecule has 19 heavy (non-hydrogen) atoms. The van der Waals surface area contributed by atoms with Crippen LogP contribution in [-0.2, 0) is 10.2 Å². The zero-order valence-electron chi connectivity index (χ0n) is 12.5. The average molecular weight is 262 g/mol. The second-order valence-corrected chi connectivity index (χ2v) is 5.69. The Morgan fingerprint density at radius 1 is 1.26 bits per heavy atom. The Hall–Kier alpha value is -1.35. The highest BCUT2D eigenvalue weighted by Gasteiger charge is 2.21. The maximum atomic E-state index is 11.9. The van der Waals surface area contributed by atoms with Gasteiger partial charge in [0.25, 0.3) is 0 Å². The summed E-state index contributed by atoms with van der Waals surface area (Å²) in [5.74, 6) is 0.109. The van der Waals surface area contributed by atoms with Crippen molar-refractivity contribution in [1.29, 1.82) is 0 Å². The highest BCUT2D eigenvalue weighted by atomic mass is 16.1. The van der Waals surface area contributed by atoms with Crippen molar-refractivity contribution in [3.8, 4) is 0 Å². The van der Waals surface area contributed by atoms with Gasteiger partial charge in [-0.1, -0.05) is 51.1 Å². The molecule has 1 aromatic rings. The molecule has 3 nitrogen and oxygen atoms in total. The first-order valence-electron chi connectivity index (χ1n) is 7.01. The molecule has 0 saturated heterocycles. The molecule has 0 radical (unpaired) electrons. The van der Waals surface area contributed by atoms with Gasteiger partial charge < -0.3 is 10.6 Å². The molecule has 1 amide bonds. The van der Waals surface area contributed by atoms with Gasteiger partial charge in [-0.3, -0.25) is 4.79 Å². The van der Waals surface area contributed by atoms with Crippen LogP contribution in [0.15, 0.2) is 30.3 Å². The average Bonchev–Trinajstić information content (AvgIpc) is 2.38. The molecule has 0 aliphatic carbocycles. The van der Waals surface area contributed by atoms with Gasteiger partial charge in [0.2, 0.25) is 5.91 Å². The third-order valence-corrected chi connectivity index (χ3v) is 3.33. The molecular weight excluding hydrogens is 236 g/mol. The summed E-state index contributed by atoms with van der Waals surface area (Å²) < 4.78 is 0. The molecule has 1 aromatic carbocycles. The van der Waals surface area contributed by atoms with Crippen LogP contribution in [0.1, 0.15) is 39.7 Å². The first-order valence-corrected chi connectivity index (χ1v) is 7.01. The van der Waals surface area contributed by atoms with Crippen molar-refractivity contribution < 1.29 is 4.79 Å². The highest BCUT2D eigenvalue weighted by Crippen LogP contribution is 2.21. The van der Waals surface area contributed by atoms with E-state index in [9.17, 15) is 4.79 Å². The lowest BCUT2D eigenvalue weighted by Crippen LogP contribution is -2.39. The van der Waals surface area contributed by atoms with Gasteiger partial charge in [0.05, 0.1) is 0 Å². The maximum Gasteiger partial charge on any atom is 0.221 e. The number of amides is 1. The van der Waals surface area contributed by atoms with Crippen molar-refractivity contribution in [2.45, 2.75) is 45.6 Å². The molecule has 106 valence electrons. The standard InChI is InChI=1S/C16H26N2O/c1-5-17-13(2)11-15(19)18-12-16(3,4)14-9-7-6-8-10-14/h6-10,13,17H,5,11-12H2,1-4H3,(H,18,19). The molecule has 0 heterocycles. The minimum Gasteiger partial charge on any atom is -0.355 e. The molecule has 0 fully saturated rings. The fraction of sp³-hybridized carbons (Fsp3) is 0.562. The Bertz CT molecular complexity index is 387. The third-order valence-electron chi connectivity index (χ3n) is 3.33. The van der Waals surface area contributed by atoms with Crippen LogP contribution in [0.25, 0.3) is 0 Å². The summed E-state index contributed by atoms with van der Waals surface area (Å²) in [4.78, 5) is 11.9. The summed E-state index contributed by atoms with van der Waals surface area (Å²) in [7, 11) is 0. The van der Waals surface area contributed by atoms with E-state index in [0.29, 0.717) is 13.0 Å². The van der Waals surface area contributed by atoms with Crippen LogP contribution in [0, 0.1) is 0 Å². The molecule has 1 atom stereocenters. The number of nitrogens with one attached hydrogen (secondary N) is 2. The van der Waals surface area contributed by atoms with Crippen molar-refractivity contribution in [2.24, 2.45) is 0 Å². The second-order valence-electron chi connectivity index (χ2n) is 5.69. The third kappa shape index (κ3) is 5.43. The lowest BCUT2D eigenvalue weighted by Gasteiger charge is -2.26. The van der Waals surface area contributed by atoms with Gasteiger partial charge in [0.1, 0.15) is 0 Å². The number of rotatable bonds is 7. The maximum absolute atomic E-state index is 11.9. The number of carbonyl (C=O) groups excluding carboxylic acids is 1. The Kier molecular flexibility index (Phi) is 6.03. The fourth-order valence-electron chi connectivity index (χ4n) is 2.08. The topological polar surface area (TPSA) is 41.1 Å². The van der Waals surface area contributed by atoms with Gasteiger partial charge >= 0.3 is 0 Å². The minimum atomic E-state index is -0.0433. The van der Waals surface area contributed by atoms with E-state index in [2.05, 4.69) is 36.6 Å². The van der Waals surface area contributed by atoms with Crippen LogP contribution in [0.2, 0.25) is 0 Å². The fourth-order valence-corrected chi connectivity index (χ4v) is 2.08. The number of hydrogen-bond acceptors (Lipinski definition) is 2. The van der Waals surface area contributed by atoms with Gasteiger partial charge in [-0.2, -0.15) is 0 Å². The Labute approximate surface area is 116 Å². The van der Waals surface area contributed by atoms with E-state index >= 15 is 0 Å². The lowest BCUT2D eigenvalue weighted by molar-refractivity contribution is -0.121. The normalized spacial score (nSPS) is 13.1. The molecule has 3 heteroatoms. The molecule has 0 saturated carbocycles. The zero-order valence-corrected chi connectivity index (χ0v) is 12.5. The number of carbonyl (C=O) groups is 1. The summed E-state index contributed by atoms with van der Waals surface area (Å²) >= 11 is 0. The quantitative estimate of drug-likeness (QED) is 0.792. The molecule has 0 aliphatic rings. The van der Waals surface area contributed by atoms with E-state index in [1.165, 1.54) is 5.56 Å². The van der Waals surface area contributed by atoms with E-state index in [0.717, 1.165) is 6.54 Å². The minimum absolute atomic E-state index is 0.0433. The summed E-state index contributed by atoms with van der Waals surface area (Å²) in [5, 5.41) is 6.28. The highest BCUT2D eigenvalue weighted by molar-refractivity contribution is 5.76. The largest absolute Gasteiger partial charge is 0.355 e. The first kappa shape index (κ1) is 15.7. The predicted molar refractivity (Wildman–Crippen MR) is 80.2 cm³/mol. The van der Waals surface area contributed by atoms with Crippen molar-refractivity contribution >= 4 is 5.91 Å². The molecule has 0 aromatic heterocycles. The van der Waals surface area contributed by atoms with Crippen LogP contribution in [-0.4, -0.2) is 25.0 Å². The van der Waals surface area contributed by atoms with E-state index in [1.54, 1.807) is 0 Å². The molecule has 1 rings (SSSR count). The molecule has 0 spiro atoms. The van der Waals surface area contributed by atoms with Crippen LogP contribution >= 0.6 is 0 Å². The second kappa shape index (κ2) is 7.29. The number of benzene rings is 1. The Morgan fingerprint density at radius 2 is 1.89 bits per heavy atom. The van der Waals surface area contributed by atoms with Crippen molar-refractivity contribution in [2.75, 3.05) is 13.1 Å². The van der Waals surface area contributed by atoms with Crippen molar-refractivity contribution in [3.63, 3.8) is 0 Å². The summed E-state index contributed by atoms with van der Waals surface area (Å²) in [5.41, 5.74) is 1.20. The van der Waals surface area contributed by atoms with Gasteiger partial charge in [0, 0.05) is 24.4 Å². The SMILES string of the molecule is CCNC(C)CC(=O)NCC(C)(C)c1ccccc1. The zero-order chi connectivity index (χ0) is 14.3. The van der Waals surface area contributed by atoms with Gasteiger partial charge in [-0.25, -0.2) is 0 Å². The van der Waals surface area contributed by atoms with Crippen molar-refractivity contribution in [1.82, 2.24) is 10.6 Å². The monoisotopic (exact) mass is 262 g/mol. The van der Waals surface area contributed by atoms with E-state index in [4.69, 9.17) is 0 Å². The van der Waals surface area contributed by atoms with E-state index in [-0.39, 0.29) is 17.4 Å². The van der Waals surface area contributed by atoms with E-state index in [1.807, 2.05) is 32.0 Å². The van der Waals surface area contributed by atoms with Crippen molar-refractivity contribution in [3.05, 3.63) is 35.9 Å². The van der Waals surface area contributed by atoms with Crippen LogP contribution in [0.3, 0.4) is 0 Å². The molecule has 0 bridgehead atoms.